The Labute approximate surface area is 461 Å². The number of hydrogen-bond acceptors (Lipinski definition) is 10. The van der Waals surface area contributed by atoms with Gasteiger partial charge in [0.05, 0.1) is 25.4 Å². The molecule has 11 nitrogen and oxygen atoms in total. The van der Waals surface area contributed by atoms with Crippen LogP contribution in [0.25, 0.3) is 0 Å². The molecule has 0 aromatic rings. The molecule has 1 saturated heterocycles. The first-order valence-corrected chi connectivity index (χ1v) is 32.2. The Bertz CT molecular complexity index is 1270. The third kappa shape index (κ3) is 41.3. The fraction of sp³-hybridized carbons (Fsp3) is 0.922. The maximum Gasteiger partial charge on any atom is 0.249 e. The summed E-state index contributed by atoms with van der Waals surface area (Å²) in [5.41, 5.74) is 0. The molecule has 8 N–H and O–H groups in total. The second kappa shape index (κ2) is 53.2. The molecule has 0 aliphatic carbocycles. The van der Waals surface area contributed by atoms with E-state index in [4.69, 9.17) is 9.47 Å². The molecule has 1 heterocycles. The summed E-state index contributed by atoms with van der Waals surface area (Å²) in [4.78, 5) is 13.2. The predicted octanol–water partition coefficient (Wildman–Crippen LogP) is 14.5. The van der Waals surface area contributed by atoms with Crippen LogP contribution in [0.4, 0.5) is 0 Å². The maximum atomic E-state index is 13.2. The van der Waals surface area contributed by atoms with Crippen molar-refractivity contribution >= 4 is 5.91 Å². The molecule has 0 aromatic heterocycles. The van der Waals surface area contributed by atoms with Gasteiger partial charge in [-0.1, -0.05) is 269 Å². The zero-order valence-electron chi connectivity index (χ0n) is 48.8. The summed E-state index contributed by atoms with van der Waals surface area (Å²) in [7, 11) is 0. The molecule has 11 heteroatoms. The highest BCUT2D eigenvalue weighted by Crippen LogP contribution is 2.24. The number of hydrogen-bond donors (Lipinski definition) is 8. The van der Waals surface area contributed by atoms with Gasteiger partial charge in [0.25, 0.3) is 0 Å². The Balaban J connectivity index is 2.26. The molecule has 0 aromatic carbocycles. The van der Waals surface area contributed by atoms with Gasteiger partial charge in [-0.2, -0.15) is 0 Å². The SMILES string of the molecule is CCCCCCCCCCCCCC/C=C\CCCCCCCCCCCCCC(O)C(=O)NC(COC1OC(CO)C(O)C(O)C1O)C(O)C(O)CCC/C=C/CCCCCCCCCCCCCCCCCC. The van der Waals surface area contributed by atoms with Crippen molar-refractivity contribution in [3.8, 4) is 0 Å². The zero-order valence-corrected chi connectivity index (χ0v) is 48.8. The molecular formula is C64H123NO10. The van der Waals surface area contributed by atoms with Crippen LogP contribution < -0.4 is 5.32 Å². The second-order valence-corrected chi connectivity index (χ2v) is 22.8. The van der Waals surface area contributed by atoms with Gasteiger partial charge in [0, 0.05) is 0 Å². The quantitative estimate of drug-likeness (QED) is 0.0215. The van der Waals surface area contributed by atoms with E-state index >= 15 is 0 Å². The number of nitrogens with one attached hydrogen (secondary N) is 1. The minimum absolute atomic E-state index is 0.255. The molecule has 0 spiro atoms. The number of ether oxygens (including phenoxy) is 2. The molecule has 0 radical (unpaired) electrons. The Morgan fingerprint density at radius 3 is 1.15 bits per heavy atom. The first kappa shape index (κ1) is 71.6. The predicted molar refractivity (Wildman–Crippen MR) is 312 cm³/mol. The van der Waals surface area contributed by atoms with Crippen LogP contribution >= 0.6 is 0 Å². The Morgan fingerprint density at radius 1 is 0.453 bits per heavy atom. The van der Waals surface area contributed by atoms with Crippen LogP contribution in [0.3, 0.4) is 0 Å². The van der Waals surface area contributed by atoms with Gasteiger partial charge >= 0.3 is 0 Å². The van der Waals surface area contributed by atoms with Crippen molar-refractivity contribution in [3.63, 3.8) is 0 Å². The van der Waals surface area contributed by atoms with E-state index in [2.05, 4.69) is 43.5 Å². The molecule has 9 atom stereocenters. The van der Waals surface area contributed by atoms with E-state index in [1.165, 1.54) is 231 Å². The fourth-order valence-corrected chi connectivity index (χ4v) is 10.5. The standard InChI is InChI=1S/C64H123NO10/c1-3-5-7-9-11-13-15-17-19-21-23-25-26-27-28-29-30-32-34-36-38-40-42-44-46-48-50-52-57(68)63(73)65-55(54-74-64-62(72)61(71)60(70)58(53-66)75-64)59(69)56(67)51-49-47-45-43-41-39-37-35-33-31-24-22-20-18-16-14-12-10-8-6-4-2/h27-28,43,45,55-62,64,66-72H,3-26,29-42,44,46-54H2,1-2H3,(H,65,73)/b28-27-,45-43+. The van der Waals surface area contributed by atoms with Gasteiger partial charge in [0.15, 0.2) is 6.29 Å². The maximum absolute atomic E-state index is 13.2. The normalized spacial score (nSPS) is 19.8. The van der Waals surface area contributed by atoms with E-state index in [0.29, 0.717) is 12.8 Å². The number of aliphatic hydroxyl groups is 7. The summed E-state index contributed by atoms with van der Waals surface area (Å²) in [6.45, 7) is 3.49. The van der Waals surface area contributed by atoms with Gasteiger partial charge in [-0.05, 0) is 64.2 Å². The Morgan fingerprint density at radius 2 is 0.787 bits per heavy atom. The lowest BCUT2D eigenvalue weighted by Crippen LogP contribution is -2.60. The molecular weight excluding hydrogens is 943 g/mol. The fourth-order valence-electron chi connectivity index (χ4n) is 10.5. The molecule has 1 aliphatic heterocycles. The lowest BCUT2D eigenvalue weighted by molar-refractivity contribution is -0.303. The van der Waals surface area contributed by atoms with Crippen molar-refractivity contribution in [2.75, 3.05) is 13.2 Å². The smallest absolute Gasteiger partial charge is 0.249 e. The van der Waals surface area contributed by atoms with Crippen LogP contribution in [-0.2, 0) is 14.3 Å². The summed E-state index contributed by atoms with van der Waals surface area (Å²) in [5.74, 6) is -0.702. The first-order valence-electron chi connectivity index (χ1n) is 32.2. The Hall–Kier alpha value is -1.41. The lowest BCUT2D eigenvalue weighted by atomic mass is 9.98. The van der Waals surface area contributed by atoms with E-state index in [1.54, 1.807) is 0 Å². The van der Waals surface area contributed by atoms with E-state index in [-0.39, 0.29) is 12.8 Å². The van der Waals surface area contributed by atoms with E-state index in [9.17, 15) is 40.5 Å². The van der Waals surface area contributed by atoms with Gasteiger partial charge in [-0.15, -0.1) is 0 Å². The number of carbonyl (C=O) groups excluding carboxylic acids is 1. The third-order valence-electron chi connectivity index (χ3n) is 15.7. The van der Waals surface area contributed by atoms with Crippen LogP contribution in [-0.4, -0.2) is 110 Å². The van der Waals surface area contributed by atoms with E-state index < -0.39 is 74.2 Å². The highest BCUT2D eigenvalue weighted by atomic mass is 16.7. The van der Waals surface area contributed by atoms with Crippen LogP contribution in [0, 0.1) is 0 Å². The summed E-state index contributed by atoms with van der Waals surface area (Å²) in [5, 5.41) is 76.3. The largest absolute Gasteiger partial charge is 0.394 e. The molecule has 1 amide bonds. The van der Waals surface area contributed by atoms with E-state index in [1.807, 2.05) is 0 Å². The average molecular weight is 1070 g/mol. The monoisotopic (exact) mass is 1070 g/mol. The van der Waals surface area contributed by atoms with Crippen LogP contribution in [0.5, 0.6) is 0 Å². The lowest BCUT2D eigenvalue weighted by Gasteiger charge is -2.40. The second-order valence-electron chi connectivity index (χ2n) is 22.8. The summed E-state index contributed by atoms with van der Waals surface area (Å²) in [6, 6.07) is -1.18. The number of aliphatic hydroxyl groups excluding tert-OH is 7. The molecule has 1 fully saturated rings. The summed E-state index contributed by atoms with van der Waals surface area (Å²) < 4.78 is 11.2. The summed E-state index contributed by atoms with van der Waals surface area (Å²) in [6.07, 6.45) is 53.9. The van der Waals surface area contributed by atoms with Gasteiger partial charge in [0.2, 0.25) is 5.91 Å². The highest BCUT2D eigenvalue weighted by molar-refractivity contribution is 5.80. The van der Waals surface area contributed by atoms with Gasteiger partial charge in [-0.25, -0.2) is 0 Å². The minimum Gasteiger partial charge on any atom is -0.394 e. The van der Waals surface area contributed by atoms with Crippen molar-refractivity contribution in [2.45, 2.75) is 364 Å². The topological polar surface area (TPSA) is 189 Å². The van der Waals surface area contributed by atoms with Crippen molar-refractivity contribution < 1.29 is 50.0 Å². The molecule has 75 heavy (non-hydrogen) atoms. The van der Waals surface area contributed by atoms with Crippen LogP contribution in [0.15, 0.2) is 24.3 Å². The van der Waals surface area contributed by atoms with Crippen molar-refractivity contribution in [2.24, 2.45) is 0 Å². The van der Waals surface area contributed by atoms with Crippen molar-refractivity contribution in [1.29, 1.82) is 0 Å². The first-order chi connectivity index (χ1) is 36.7. The Kier molecular flexibility index (Phi) is 50.8. The number of carbonyl (C=O) groups is 1. The van der Waals surface area contributed by atoms with Crippen molar-refractivity contribution in [1.82, 2.24) is 5.32 Å². The molecule has 1 aliphatic rings. The molecule has 1 rings (SSSR count). The van der Waals surface area contributed by atoms with E-state index in [0.717, 1.165) is 38.5 Å². The summed E-state index contributed by atoms with van der Waals surface area (Å²) >= 11 is 0. The minimum atomic E-state index is -1.67. The highest BCUT2D eigenvalue weighted by Gasteiger charge is 2.44. The molecule has 0 saturated carbocycles. The molecule has 0 bridgehead atoms. The van der Waals surface area contributed by atoms with Crippen LogP contribution in [0.2, 0.25) is 0 Å². The molecule has 9 unspecified atom stereocenters. The number of unbranched alkanes of at least 4 members (excludes halogenated alkanes) is 40. The number of allylic oxidation sites excluding steroid dienone is 4. The van der Waals surface area contributed by atoms with Crippen molar-refractivity contribution in [3.05, 3.63) is 24.3 Å². The van der Waals surface area contributed by atoms with Gasteiger partial charge in [0.1, 0.15) is 36.6 Å². The van der Waals surface area contributed by atoms with Gasteiger partial charge < -0.3 is 50.5 Å². The van der Waals surface area contributed by atoms with Crippen LogP contribution in [0.1, 0.15) is 309 Å². The zero-order chi connectivity index (χ0) is 54.7. The number of amides is 1. The third-order valence-corrected chi connectivity index (χ3v) is 15.7. The average Bonchev–Trinajstić information content (AvgIpc) is 3.41. The van der Waals surface area contributed by atoms with Gasteiger partial charge in [-0.3, -0.25) is 4.79 Å². The molecule has 444 valence electrons. The number of rotatable bonds is 56.